The van der Waals surface area contributed by atoms with Crippen molar-refractivity contribution in [2.45, 2.75) is 44.8 Å². The predicted molar refractivity (Wildman–Crippen MR) is 116 cm³/mol. The molecule has 2 aromatic rings. The Hall–Kier alpha value is -2.04. The summed E-state index contributed by atoms with van der Waals surface area (Å²) in [7, 11) is 0. The molecule has 0 unspecified atom stereocenters. The number of hydrogen-bond donors (Lipinski definition) is 0. The first-order valence-electron chi connectivity index (χ1n) is 10.1. The minimum absolute atomic E-state index is 0.107. The maximum Gasteiger partial charge on any atom is 0.226 e. The third kappa shape index (κ3) is 4.93. The SMILES string of the molecule is O=C(C1CCCC1)N(Cc1ccccc1Cl)C[C@@H]1CC(c2ccc(Cl)cc2)=NO1. The molecule has 0 N–H and O–H groups in total. The van der Waals surface area contributed by atoms with Gasteiger partial charge >= 0.3 is 0 Å². The Morgan fingerprint density at radius 3 is 2.52 bits per heavy atom. The molecule has 1 atom stereocenters. The molecular weight excluding hydrogens is 407 g/mol. The molecule has 4 rings (SSSR count). The summed E-state index contributed by atoms with van der Waals surface area (Å²) in [5.41, 5.74) is 2.84. The van der Waals surface area contributed by atoms with E-state index in [0.717, 1.165) is 42.5 Å². The Morgan fingerprint density at radius 2 is 1.79 bits per heavy atom. The van der Waals surface area contributed by atoms with E-state index >= 15 is 0 Å². The van der Waals surface area contributed by atoms with E-state index in [0.29, 0.717) is 29.6 Å². The normalized spacial score (nSPS) is 19.1. The van der Waals surface area contributed by atoms with E-state index in [1.165, 1.54) is 0 Å². The van der Waals surface area contributed by atoms with Crippen LogP contribution in [0.1, 0.15) is 43.2 Å². The summed E-state index contributed by atoms with van der Waals surface area (Å²) < 4.78 is 0. The molecule has 6 heteroatoms. The minimum atomic E-state index is -0.159. The minimum Gasteiger partial charge on any atom is -0.390 e. The number of amides is 1. The van der Waals surface area contributed by atoms with E-state index in [9.17, 15) is 4.79 Å². The Labute approximate surface area is 181 Å². The van der Waals surface area contributed by atoms with Crippen molar-refractivity contribution in [3.05, 3.63) is 69.7 Å². The summed E-state index contributed by atoms with van der Waals surface area (Å²) in [5, 5.41) is 5.64. The zero-order valence-corrected chi connectivity index (χ0v) is 17.7. The molecule has 0 bridgehead atoms. The molecule has 4 nitrogen and oxygen atoms in total. The van der Waals surface area contributed by atoms with Gasteiger partial charge in [-0.2, -0.15) is 0 Å². The predicted octanol–water partition coefficient (Wildman–Crippen LogP) is 5.71. The summed E-state index contributed by atoms with van der Waals surface area (Å²) in [6, 6.07) is 15.3. The second-order valence-electron chi connectivity index (χ2n) is 7.77. The zero-order chi connectivity index (χ0) is 20.2. The van der Waals surface area contributed by atoms with E-state index in [2.05, 4.69) is 5.16 Å². The van der Waals surface area contributed by atoms with Crippen LogP contribution in [-0.4, -0.2) is 29.2 Å². The van der Waals surface area contributed by atoms with Crippen LogP contribution in [-0.2, 0) is 16.2 Å². The molecule has 0 spiro atoms. The molecule has 1 fully saturated rings. The lowest BCUT2D eigenvalue weighted by atomic mass is 10.0. The number of oxime groups is 1. The van der Waals surface area contributed by atoms with Gasteiger partial charge in [-0.1, -0.05) is 71.5 Å². The summed E-state index contributed by atoms with van der Waals surface area (Å²) in [4.78, 5) is 20.8. The largest absolute Gasteiger partial charge is 0.390 e. The standard InChI is InChI=1S/C23H24Cl2N2O2/c24-19-11-9-16(10-12-19)22-13-20(29-26-22)15-27(23(28)17-5-1-2-6-17)14-18-7-3-4-8-21(18)25/h3-4,7-12,17,20H,1-2,5-6,13-15H2/t20-/m0/s1. The molecule has 1 aliphatic carbocycles. The molecular formula is C23H24Cl2N2O2. The first-order valence-corrected chi connectivity index (χ1v) is 10.9. The van der Waals surface area contributed by atoms with E-state index in [1.54, 1.807) is 0 Å². The summed E-state index contributed by atoms with van der Waals surface area (Å²) in [6.07, 6.45) is 4.69. The smallest absolute Gasteiger partial charge is 0.226 e. The molecule has 1 saturated carbocycles. The van der Waals surface area contributed by atoms with E-state index in [4.69, 9.17) is 28.0 Å². The first kappa shape index (κ1) is 20.2. The molecule has 1 aliphatic heterocycles. The van der Waals surface area contributed by atoms with Gasteiger partial charge in [-0.05, 0) is 42.2 Å². The Bertz CT molecular complexity index is 892. The van der Waals surface area contributed by atoms with Crippen molar-refractivity contribution in [1.29, 1.82) is 0 Å². The molecule has 1 heterocycles. The highest BCUT2D eigenvalue weighted by atomic mass is 35.5. The van der Waals surface area contributed by atoms with Gasteiger partial charge in [-0.15, -0.1) is 0 Å². The van der Waals surface area contributed by atoms with Gasteiger partial charge in [0.05, 0.1) is 12.3 Å². The van der Waals surface area contributed by atoms with Crippen molar-refractivity contribution in [2.75, 3.05) is 6.54 Å². The van der Waals surface area contributed by atoms with Crippen molar-refractivity contribution in [2.24, 2.45) is 11.1 Å². The number of rotatable bonds is 6. The van der Waals surface area contributed by atoms with Crippen LogP contribution >= 0.6 is 23.2 Å². The molecule has 0 aromatic heterocycles. The van der Waals surface area contributed by atoms with Crippen LogP contribution in [0.2, 0.25) is 10.0 Å². The summed E-state index contributed by atoms with van der Waals surface area (Å²) in [5.74, 6) is 0.307. The topological polar surface area (TPSA) is 41.9 Å². The van der Waals surface area contributed by atoms with Crippen molar-refractivity contribution >= 4 is 34.8 Å². The molecule has 152 valence electrons. The maximum atomic E-state index is 13.2. The monoisotopic (exact) mass is 430 g/mol. The number of benzene rings is 2. The van der Waals surface area contributed by atoms with Crippen LogP contribution in [0, 0.1) is 5.92 Å². The van der Waals surface area contributed by atoms with Crippen LogP contribution in [0.15, 0.2) is 53.7 Å². The van der Waals surface area contributed by atoms with Gasteiger partial charge in [-0.25, -0.2) is 0 Å². The van der Waals surface area contributed by atoms with Gasteiger partial charge in [0.1, 0.15) is 0 Å². The van der Waals surface area contributed by atoms with Crippen LogP contribution in [0.25, 0.3) is 0 Å². The van der Waals surface area contributed by atoms with Gasteiger partial charge in [-0.3, -0.25) is 4.79 Å². The number of carbonyl (C=O) groups is 1. The zero-order valence-electron chi connectivity index (χ0n) is 16.2. The second-order valence-corrected chi connectivity index (χ2v) is 8.61. The van der Waals surface area contributed by atoms with E-state index in [1.807, 2.05) is 53.4 Å². The quantitative estimate of drug-likeness (QED) is 0.588. The number of nitrogens with zero attached hydrogens (tertiary/aromatic N) is 2. The van der Waals surface area contributed by atoms with Crippen LogP contribution < -0.4 is 0 Å². The number of halogens is 2. The van der Waals surface area contributed by atoms with Gasteiger partial charge < -0.3 is 9.74 Å². The fourth-order valence-electron chi connectivity index (χ4n) is 4.08. The molecule has 1 amide bonds. The molecule has 0 radical (unpaired) electrons. The molecule has 29 heavy (non-hydrogen) atoms. The highest BCUT2D eigenvalue weighted by molar-refractivity contribution is 6.31. The Balaban J connectivity index is 1.46. The van der Waals surface area contributed by atoms with Gasteiger partial charge in [0.2, 0.25) is 5.91 Å². The Morgan fingerprint density at radius 1 is 1.07 bits per heavy atom. The lowest BCUT2D eigenvalue weighted by Crippen LogP contribution is -2.40. The van der Waals surface area contributed by atoms with Crippen molar-refractivity contribution in [3.8, 4) is 0 Å². The van der Waals surface area contributed by atoms with Crippen molar-refractivity contribution < 1.29 is 9.63 Å². The summed E-state index contributed by atoms with van der Waals surface area (Å²) >= 11 is 12.3. The van der Waals surface area contributed by atoms with E-state index in [-0.39, 0.29) is 17.9 Å². The van der Waals surface area contributed by atoms with Crippen LogP contribution in [0.3, 0.4) is 0 Å². The highest BCUT2D eigenvalue weighted by Gasteiger charge is 2.31. The molecule has 2 aliphatic rings. The summed E-state index contributed by atoms with van der Waals surface area (Å²) in [6.45, 7) is 0.992. The van der Waals surface area contributed by atoms with Crippen LogP contribution in [0.4, 0.5) is 0 Å². The third-order valence-corrected chi connectivity index (χ3v) is 6.29. The average Bonchev–Trinajstić information content (AvgIpc) is 3.41. The van der Waals surface area contributed by atoms with Crippen molar-refractivity contribution in [3.63, 3.8) is 0 Å². The lowest BCUT2D eigenvalue weighted by molar-refractivity contribution is -0.137. The number of hydrogen-bond acceptors (Lipinski definition) is 3. The third-order valence-electron chi connectivity index (χ3n) is 5.67. The highest BCUT2D eigenvalue weighted by Crippen LogP contribution is 2.29. The van der Waals surface area contributed by atoms with Gasteiger partial charge in [0, 0.05) is 28.9 Å². The van der Waals surface area contributed by atoms with Crippen LogP contribution in [0.5, 0.6) is 0 Å². The fraction of sp³-hybridized carbons (Fsp3) is 0.391. The second kappa shape index (κ2) is 9.19. The average molecular weight is 431 g/mol. The maximum absolute atomic E-state index is 13.2. The lowest BCUT2D eigenvalue weighted by Gasteiger charge is -2.28. The van der Waals surface area contributed by atoms with E-state index < -0.39 is 0 Å². The van der Waals surface area contributed by atoms with Gasteiger partial charge in [0.25, 0.3) is 0 Å². The van der Waals surface area contributed by atoms with Gasteiger partial charge in [0.15, 0.2) is 6.10 Å². The molecule has 0 saturated heterocycles. The molecule has 2 aromatic carbocycles. The number of carbonyl (C=O) groups excluding carboxylic acids is 1. The Kier molecular flexibility index (Phi) is 6.41. The van der Waals surface area contributed by atoms with Crippen molar-refractivity contribution in [1.82, 2.24) is 4.90 Å². The fourth-order valence-corrected chi connectivity index (χ4v) is 4.40. The first-order chi connectivity index (χ1) is 14.1.